The van der Waals surface area contributed by atoms with Crippen LogP contribution in [-0.2, 0) is 11.2 Å². The minimum Gasteiger partial charge on any atom is -0.480 e. The number of carbonyl (C=O) groups excluding carboxylic acids is 1. The molecule has 2 aromatic rings. The van der Waals surface area contributed by atoms with Gasteiger partial charge in [-0.05, 0) is 35.9 Å². The summed E-state index contributed by atoms with van der Waals surface area (Å²) >= 11 is 3.36. The zero-order valence-electron chi connectivity index (χ0n) is 10.1. The Hall–Kier alpha value is -1.81. The molecular formula is C15H12BrNO2. The van der Waals surface area contributed by atoms with Crippen LogP contribution in [-0.4, -0.2) is 12.0 Å². The van der Waals surface area contributed by atoms with E-state index >= 15 is 0 Å². The highest BCUT2D eigenvalue weighted by atomic mass is 79.9. The molecule has 4 heteroatoms. The van der Waals surface area contributed by atoms with Crippen LogP contribution in [0.5, 0.6) is 5.75 Å². The predicted octanol–water partition coefficient (Wildman–Crippen LogP) is 3.39. The van der Waals surface area contributed by atoms with Gasteiger partial charge in [-0.25, -0.2) is 0 Å². The van der Waals surface area contributed by atoms with E-state index in [1.165, 1.54) is 0 Å². The Bertz CT molecular complexity index is 585. The molecule has 0 radical (unpaired) electrons. The van der Waals surface area contributed by atoms with Gasteiger partial charge in [-0.15, -0.1) is 0 Å². The average Bonchev–Trinajstić information content (AvgIpc) is 2.85. The van der Waals surface area contributed by atoms with Crippen LogP contribution in [0.2, 0.25) is 0 Å². The van der Waals surface area contributed by atoms with Crippen molar-refractivity contribution in [2.24, 2.45) is 0 Å². The number of benzene rings is 2. The zero-order chi connectivity index (χ0) is 13.2. The maximum Gasteiger partial charge on any atom is 0.265 e. The summed E-state index contributed by atoms with van der Waals surface area (Å²) in [5.41, 5.74) is 1.85. The van der Waals surface area contributed by atoms with Crippen LogP contribution >= 0.6 is 15.9 Å². The molecule has 1 aliphatic rings. The highest BCUT2D eigenvalue weighted by molar-refractivity contribution is 9.10. The first kappa shape index (κ1) is 12.2. The number of ether oxygens (including phenoxy) is 1. The molecule has 0 saturated carbocycles. The van der Waals surface area contributed by atoms with E-state index in [4.69, 9.17) is 4.74 Å². The van der Waals surface area contributed by atoms with Crippen LogP contribution in [0, 0.1) is 0 Å². The monoisotopic (exact) mass is 317 g/mol. The van der Waals surface area contributed by atoms with Crippen LogP contribution in [0.15, 0.2) is 53.0 Å². The van der Waals surface area contributed by atoms with Crippen molar-refractivity contribution in [3.05, 3.63) is 58.6 Å². The molecule has 1 heterocycles. The minimum atomic E-state index is -0.443. The van der Waals surface area contributed by atoms with Gasteiger partial charge in [-0.3, -0.25) is 4.79 Å². The Kier molecular flexibility index (Phi) is 3.25. The van der Waals surface area contributed by atoms with Gasteiger partial charge in [0.2, 0.25) is 0 Å². The lowest BCUT2D eigenvalue weighted by Gasteiger charge is -2.11. The molecule has 3 nitrogen and oxygen atoms in total. The van der Waals surface area contributed by atoms with Gasteiger partial charge in [0.25, 0.3) is 5.91 Å². The number of carbonyl (C=O) groups is 1. The first-order chi connectivity index (χ1) is 9.22. The summed E-state index contributed by atoms with van der Waals surface area (Å²) in [6.45, 7) is 0. The predicted molar refractivity (Wildman–Crippen MR) is 77.3 cm³/mol. The second-order valence-electron chi connectivity index (χ2n) is 4.41. The zero-order valence-corrected chi connectivity index (χ0v) is 11.7. The molecule has 1 aliphatic heterocycles. The second kappa shape index (κ2) is 5.05. The second-order valence-corrected chi connectivity index (χ2v) is 5.33. The number of amides is 1. The van der Waals surface area contributed by atoms with Crippen LogP contribution in [0.4, 0.5) is 5.69 Å². The maximum atomic E-state index is 12.1. The molecule has 0 bridgehead atoms. The molecule has 0 saturated heterocycles. The number of anilines is 1. The van der Waals surface area contributed by atoms with E-state index in [-0.39, 0.29) is 5.91 Å². The van der Waals surface area contributed by atoms with E-state index < -0.39 is 6.10 Å². The fourth-order valence-corrected chi connectivity index (χ4v) is 2.35. The first-order valence-electron chi connectivity index (χ1n) is 6.03. The molecule has 1 N–H and O–H groups in total. The average molecular weight is 318 g/mol. The summed E-state index contributed by atoms with van der Waals surface area (Å²) in [6, 6.07) is 15.2. The van der Waals surface area contributed by atoms with Gasteiger partial charge in [-0.2, -0.15) is 0 Å². The molecule has 3 rings (SSSR count). The van der Waals surface area contributed by atoms with Gasteiger partial charge in [0.15, 0.2) is 6.10 Å². The van der Waals surface area contributed by atoms with Gasteiger partial charge in [-0.1, -0.05) is 34.1 Å². The van der Waals surface area contributed by atoms with Gasteiger partial charge in [0.05, 0.1) is 0 Å². The maximum absolute atomic E-state index is 12.1. The lowest BCUT2D eigenvalue weighted by Crippen LogP contribution is -2.31. The van der Waals surface area contributed by atoms with Gasteiger partial charge in [0, 0.05) is 16.6 Å². The SMILES string of the molecule is O=C(Nc1ccc(Br)cc1)C1Cc2ccccc2O1. The van der Waals surface area contributed by atoms with Crippen molar-refractivity contribution in [1.82, 2.24) is 0 Å². The Morgan fingerprint density at radius 3 is 2.63 bits per heavy atom. The number of hydrogen-bond acceptors (Lipinski definition) is 2. The van der Waals surface area contributed by atoms with Crippen molar-refractivity contribution >= 4 is 27.5 Å². The standard InChI is InChI=1S/C15H12BrNO2/c16-11-5-7-12(8-6-11)17-15(18)14-9-10-3-1-2-4-13(10)19-14/h1-8,14H,9H2,(H,17,18). The van der Waals surface area contributed by atoms with E-state index in [1.54, 1.807) is 0 Å². The number of hydrogen-bond donors (Lipinski definition) is 1. The largest absolute Gasteiger partial charge is 0.480 e. The fraction of sp³-hybridized carbons (Fsp3) is 0.133. The third-order valence-corrected chi connectivity index (χ3v) is 3.58. The fourth-order valence-electron chi connectivity index (χ4n) is 2.08. The molecule has 0 fully saturated rings. The quantitative estimate of drug-likeness (QED) is 0.922. The van der Waals surface area contributed by atoms with Gasteiger partial charge >= 0.3 is 0 Å². The Morgan fingerprint density at radius 1 is 1.16 bits per heavy atom. The third-order valence-electron chi connectivity index (χ3n) is 3.05. The molecule has 1 atom stereocenters. The molecular weight excluding hydrogens is 306 g/mol. The highest BCUT2D eigenvalue weighted by Gasteiger charge is 2.28. The molecule has 0 aromatic heterocycles. The summed E-state index contributed by atoms with van der Waals surface area (Å²) in [5, 5.41) is 2.86. The van der Waals surface area contributed by atoms with Crippen LogP contribution in [0.3, 0.4) is 0 Å². The summed E-state index contributed by atoms with van der Waals surface area (Å²) in [5.74, 6) is 0.692. The van der Waals surface area contributed by atoms with Crippen LogP contribution in [0.25, 0.3) is 0 Å². The summed E-state index contributed by atoms with van der Waals surface area (Å²) in [7, 11) is 0. The molecule has 2 aromatic carbocycles. The normalized spacial score (nSPS) is 16.6. The molecule has 1 amide bonds. The molecule has 0 spiro atoms. The summed E-state index contributed by atoms with van der Waals surface area (Å²) in [4.78, 5) is 12.1. The van der Waals surface area contributed by atoms with Gasteiger partial charge < -0.3 is 10.1 Å². The minimum absolute atomic E-state index is 0.112. The number of nitrogens with one attached hydrogen (secondary N) is 1. The van der Waals surface area contributed by atoms with Crippen LogP contribution < -0.4 is 10.1 Å². The highest BCUT2D eigenvalue weighted by Crippen LogP contribution is 2.28. The number of halogens is 1. The van der Waals surface area contributed by atoms with Crippen molar-refractivity contribution in [3.63, 3.8) is 0 Å². The van der Waals surface area contributed by atoms with Crippen LogP contribution in [0.1, 0.15) is 5.56 Å². The summed E-state index contributed by atoms with van der Waals surface area (Å²) in [6.07, 6.45) is 0.180. The number of para-hydroxylation sites is 1. The third kappa shape index (κ3) is 2.63. The summed E-state index contributed by atoms with van der Waals surface area (Å²) < 4.78 is 6.62. The Morgan fingerprint density at radius 2 is 1.89 bits per heavy atom. The van der Waals surface area contributed by atoms with Crippen molar-refractivity contribution in [2.75, 3.05) is 5.32 Å². The Labute approximate surface area is 119 Å². The van der Waals surface area contributed by atoms with E-state index in [0.717, 1.165) is 21.5 Å². The van der Waals surface area contributed by atoms with E-state index in [0.29, 0.717) is 6.42 Å². The van der Waals surface area contributed by atoms with E-state index in [2.05, 4.69) is 21.2 Å². The first-order valence-corrected chi connectivity index (χ1v) is 6.83. The lowest BCUT2D eigenvalue weighted by atomic mass is 10.1. The molecule has 96 valence electrons. The van der Waals surface area contributed by atoms with Gasteiger partial charge in [0.1, 0.15) is 5.75 Å². The van der Waals surface area contributed by atoms with Crippen molar-refractivity contribution in [3.8, 4) is 5.75 Å². The van der Waals surface area contributed by atoms with Crippen molar-refractivity contribution in [2.45, 2.75) is 12.5 Å². The van der Waals surface area contributed by atoms with Crippen molar-refractivity contribution < 1.29 is 9.53 Å². The smallest absolute Gasteiger partial charge is 0.265 e. The lowest BCUT2D eigenvalue weighted by molar-refractivity contribution is -0.122. The number of fused-ring (bicyclic) bond motifs is 1. The molecule has 0 aliphatic carbocycles. The molecule has 1 unspecified atom stereocenters. The topological polar surface area (TPSA) is 38.3 Å². The van der Waals surface area contributed by atoms with Crippen molar-refractivity contribution in [1.29, 1.82) is 0 Å². The molecule has 19 heavy (non-hydrogen) atoms. The Balaban J connectivity index is 1.68. The van der Waals surface area contributed by atoms with E-state index in [9.17, 15) is 4.79 Å². The van der Waals surface area contributed by atoms with E-state index in [1.807, 2.05) is 48.5 Å². The number of rotatable bonds is 2.